The minimum absolute atomic E-state index is 0.0461. The van der Waals surface area contributed by atoms with E-state index in [-0.39, 0.29) is 17.9 Å². The molecule has 2 saturated heterocycles. The first-order chi connectivity index (χ1) is 10.7. The van der Waals surface area contributed by atoms with Crippen LogP contribution in [0.25, 0.3) is 0 Å². The summed E-state index contributed by atoms with van der Waals surface area (Å²) >= 11 is 0. The lowest BCUT2D eigenvalue weighted by atomic mass is 10.2. The Balaban J connectivity index is 1.77. The van der Waals surface area contributed by atoms with Crippen LogP contribution in [0, 0.1) is 0 Å². The van der Waals surface area contributed by atoms with Crippen LogP contribution in [0.15, 0.2) is 0 Å². The van der Waals surface area contributed by atoms with Crippen molar-refractivity contribution >= 4 is 11.8 Å². The topological polar surface area (TPSA) is 65.1 Å². The lowest BCUT2D eigenvalue weighted by Crippen LogP contribution is -2.52. The summed E-state index contributed by atoms with van der Waals surface area (Å²) in [7, 11) is 3.34. The van der Waals surface area contributed by atoms with Crippen molar-refractivity contribution in [1.29, 1.82) is 0 Å². The number of hydrogen-bond acceptors (Lipinski definition) is 5. The molecule has 0 bridgehead atoms. The van der Waals surface area contributed by atoms with Crippen molar-refractivity contribution < 1.29 is 14.3 Å². The van der Waals surface area contributed by atoms with Crippen LogP contribution in [0.4, 0.5) is 0 Å². The SMILES string of the molecule is CNC(=O)C1CCCN1C(=O)CN1CCN(CCOC)CC1. The highest BCUT2D eigenvalue weighted by Gasteiger charge is 2.34. The molecule has 7 nitrogen and oxygen atoms in total. The molecular weight excluding hydrogens is 284 g/mol. The first-order valence-corrected chi connectivity index (χ1v) is 8.10. The van der Waals surface area contributed by atoms with Crippen molar-refractivity contribution in [1.82, 2.24) is 20.0 Å². The summed E-state index contributed by atoms with van der Waals surface area (Å²) in [6, 6.07) is -0.277. The fraction of sp³-hybridized carbons (Fsp3) is 0.867. The number of nitrogens with one attached hydrogen (secondary N) is 1. The molecule has 0 aliphatic carbocycles. The third-order valence-electron chi connectivity index (χ3n) is 4.56. The van der Waals surface area contributed by atoms with Gasteiger partial charge in [-0.25, -0.2) is 0 Å². The van der Waals surface area contributed by atoms with E-state index in [1.165, 1.54) is 0 Å². The van der Waals surface area contributed by atoms with Gasteiger partial charge in [0.05, 0.1) is 13.2 Å². The maximum Gasteiger partial charge on any atom is 0.242 e. The van der Waals surface area contributed by atoms with Crippen molar-refractivity contribution in [3.63, 3.8) is 0 Å². The molecule has 0 aromatic carbocycles. The number of likely N-dealkylation sites (N-methyl/N-ethyl adjacent to an activating group) is 1. The number of hydrogen-bond donors (Lipinski definition) is 1. The van der Waals surface area contributed by atoms with E-state index in [1.54, 1.807) is 19.1 Å². The molecule has 0 saturated carbocycles. The van der Waals surface area contributed by atoms with Gasteiger partial charge >= 0.3 is 0 Å². The number of nitrogens with zero attached hydrogens (tertiary/aromatic N) is 3. The zero-order valence-electron chi connectivity index (χ0n) is 13.7. The summed E-state index contributed by atoms with van der Waals surface area (Å²) < 4.78 is 5.09. The molecule has 7 heteroatoms. The van der Waals surface area contributed by atoms with Crippen LogP contribution >= 0.6 is 0 Å². The summed E-state index contributed by atoms with van der Waals surface area (Å²) in [5, 5.41) is 2.66. The van der Waals surface area contributed by atoms with Crippen molar-refractivity contribution in [2.75, 3.05) is 66.6 Å². The average Bonchev–Trinajstić information content (AvgIpc) is 3.03. The molecular formula is C15H28N4O3. The highest BCUT2D eigenvalue weighted by molar-refractivity contribution is 5.88. The van der Waals surface area contributed by atoms with E-state index in [2.05, 4.69) is 15.1 Å². The Morgan fingerprint density at radius 2 is 1.82 bits per heavy atom. The van der Waals surface area contributed by atoms with E-state index in [9.17, 15) is 9.59 Å². The monoisotopic (exact) mass is 312 g/mol. The molecule has 2 aliphatic heterocycles. The fourth-order valence-electron chi connectivity index (χ4n) is 3.18. The number of piperazine rings is 1. The molecule has 0 radical (unpaired) electrons. The van der Waals surface area contributed by atoms with Gasteiger partial charge in [-0.2, -0.15) is 0 Å². The Kier molecular flexibility index (Phi) is 6.60. The van der Waals surface area contributed by atoms with Crippen LogP contribution in [-0.2, 0) is 14.3 Å². The van der Waals surface area contributed by atoms with Gasteiger partial charge in [-0.05, 0) is 12.8 Å². The summed E-state index contributed by atoms with van der Waals surface area (Å²) in [6.45, 7) is 6.55. The molecule has 2 rings (SSSR count). The molecule has 2 fully saturated rings. The Morgan fingerprint density at radius 3 is 2.45 bits per heavy atom. The highest BCUT2D eigenvalue weighted by Crippen LogP contribution is 2.18. The number of amides is 2. The van der Waals surface area contributed by atoms with Crippen LogP contribution in [0.2, 0.25) is 0 Å². The van der Waals surface area contributed by atoms with Gasteiger partial charge in [-0.1, -0.05) is 0 Å². The molecule has 1 N–H and O–H groups in total. The summed E-state index contributed by atoms with van der Waals surface area (Å²) in [5.41, 5.74) is 0. The van der Waals surface area contributed by atoms with Gasteiger partial charge in [-0.3, -0.25) is 19.4 Å². The molecule has 22 heavy (non-hydrogen) atoms. The van der Waals surface area contributed by atoms with E-state index in [4.69, 9.17) is 4.74 Å². The third-order valence-corrected chi connectivity index (χ3v) is 4.56. The van der Waals surface area contributed by atoms with Crippen molar-refractivity contribution in [3.05, 3.63) is 0 Å². The number of carbonyl (C=O) groups is 2. The van der Waals surface area contributed by atoms with Crippen LogP contribution < -0.4 is 5.32 Å². The van der Waals surface area contributed by atoms with E-state index in [0.29, 0.717) is 13.1 Å². The molecule has 1 atom stereocenters. The first-order valence-electron chi connectivity index (χ1n) is 8.10. The quantitative estimate of drug-likeness (QED) is 0.681. The molecule has 0 aromatic heterocycles. The van der Waals surface area contributed by atoms with E-state index >= 15 is 0 Å². The normalized spacial score (nSPS) is 23.7. The van der Waals surface area contributed by atoms with Gasteiger partial charge in [0.15, 0.2) is 0 Å². The minimum atomic E-state index is -0.277. The van der Waals surface area contributed by atoms with Crippen LogP contribution in [0.5, 0.6) is 0 Å². The Morgan fingerprint density at radius 1 is 1.14 bits per heavy atom. The molecule has 2 heterocycles. The second-order valence-electron chi connectivity index (χ2n) is 5.97. The number of methoxy groups -OCH3 is 1. The van der Waals surface area contributed by atoms with Crippen LogP contribution in [0.1, 0.15) is 12.8 Å². The maximum atomic E-state index is 12.5. The smallest absolute Gasteiger partial charge is 0.242 e. The van der Waals surface area contributed by atoms with Gasteiger partial charge in [0.25, 0.3) is 0 Å². The van der Waals surface area contributed by atoms with Crippen molar-refractivity contribution in [2.24, 2.45) is 0 Å². The first kappa shape index (κ1) is 17.2. The Hall–Kier alpha value is -1.18. The van der Waals surface area contributed by atoms with Gasteiger partial charge in [-0.15, -0.1) is 0 Å². The summed E-state index contributed by atoms with van der Waals surface area (Å²) in [4.78, 5) is 30.6. The maximum absolute atomic E-state index is 12.5. The van der Waals surface area contributed by atoms with Gasteiger partial charge in [0.1, 0.15) is 6.04 Å². The standard InChI is InChI=1S/C15H28N4O3/c1-16-15(21)13-4-3-5-19(13)14(20)12-18-8-6-17(7-9-18)10-11-22-2/h13H,3-12H2,1-2H3,(H,16,21). The zero-order chi connectivity index (χ0) is 15.9. The van der Waals surface area contributed by atoms with E-state index in [0.717, 1.165) is 52.2 Å². The van der Waals surface area contributed by atoms with Gasteiger partial charge in [0, 0.05) is 53.4 Å². The van der Waals surface area contributed by atoms with Crippen LogP contribution in [0.3, 0.4) is 0 Å². The molecule has 126 valence electrons. The van der Waals surface area contributed by atoms with Gasteiger partial charge < -0.3 is 15.0 Å². The van der Waals surface area contributed by atoms with E-state index < -0.39 is 0 Å². The number of carbonyl (C=O) groups excluding carboxylic acids is 2. The predicted octanol–water partition coefficient (Wildman–Crippen LogP) is -1.01. The van der Waals surface area contributed by atoms with Crippen molar-refractivity contribution in [3.8, 4) is 0 Å². The van der Waals surface area contributed by atoms with Gasteiger partial charge in [0.2, 0.25) is 11.8 Å². The predicted molar refractivity (Wildman–Crippen MR) is 83.6 cm³/mol. The zero-order valence-corrected chi connectivity index (χ0v) is 13.7. The number of rotatable bonds is 6. The highest BCUT2D eigenvalue weighted by atomic mass is 16.5. The Bertz CT molecular complexity index is 383. The van der Waals surface area contributed by atoms with E-state index in [1.807, 2.05) is 0 Å². The molecule has 0 spiro atoms. The molecule has 0 aromatic rings. The lowest BCUT2D eigenvalue weighted by Gasteiger charge is -2.35. The van der Waals surface area contributed by atoms with Crippen LogP contribution in [-0.4, -0.2) is 99.1 Å². The fourth-order valence-corrected chi connectivity index (χ4v) is 3.18. The third kappa shape index (κ3) is 4.41. The average molecular weight is 312 g/mol. The summed E-state index contributed by atoms with van der Waals surface area (Å²) in [5.74, 6) is 0.0340. The largest absolute Gasteiger partial charge is 0.383 e. The molecule has 2 aliphatic rings. The molecule has 2 amide bonds. The lowest BCUT2D eigenvalue weighted by molar-refractivity contribution is -0.139. The van der Waals surface area contributed by atoms with Crippen molar-refractivity contribution in [2.45, 2.75) is 18.9 Å². The number of ether oxygens (including phenoxy) is 1. The Labute approximate surface area is 132 Å². The molecule has 1 unspecified atom stereocenters. The minimum Gasteiger partial charge on any atom is -0.383 e. The second kappa shape index (κ2) is 8.45. The second-order valence-corrected chi connectivity index (χ2v) is 5.97. The summed E-state index contributed by atoms with van der Waals surface area (Å²) in [6.07, 6.45) is 1.69. The number of likely N-dealkylation sites (tertiary alicyclic amines) is 1.